The minimum absolute atomic E-state index is 0.0927. The van der Waals surface area contributed by atoms with Crippen molar-refractivity contribution in [1.29, 1.82) is 0 Å². The summed E-state index contributed by atoms with van der Waals surface area (Å²) in [5, 5.41) is 17.0. The Hall–Kier alpha value is -4.14. The number of aliphatic hydroxyl groups is 1. The minimum atomic E-state index is -3.94. The lowest BCUT2D eigenvalue weighted by atomic mass is 10.0. The molecule has 0 fully saturated rings. The fourth-order valence-corrected chi connectivity index (χ4v) is 6.65. The smallest absolute Gasteiger partial charge is 0.321 e. The van der Waals surface area contributed by atoms with Crippen LogP contribution < -0.4 is 14.8 Å². The summed E-state index contributed by atoms with van der Waals surface area (Å²) in [7, 11) is -2.27. The van der Waals surface area contributed by atoms with Crippen LogP contribution in [0.15, 0.2) is 51.9 Å². The zero-order valence-corrected chi connectivity index (χ0v) is 30.2. The van der Waals surface area contributed by atoms with Crippen molar-refractivity contribution in [2.24, 2.45) is 5.92 Å². The zero-order chi connectivity index (χ0) is 35.9. The van der Waals surface area contributed by atoms with Crippen LogP contribution in [0, 0.1) is 26.7 Å². The van der Waals surface area contributed by atoms with E-state index >= 15 is 0 Å². The Kier molecular flexibility index (Phi) is 12.7. The molecule has 3 aromatic rings. The molecular weight excluding hydrogens is 650 g/mol. The van der Waals surface area contributed by atoms with Crippen molar-refractivity contribution in [3.63, 3.8) is 0 Å². The van der Waals surface area contributed by atoms with Gasteiger partial charge in [-0.05, 0) is 84.2 Å². The first kappa shape index (κ1) is 37.7. The first-order valence-electron chi connectivity index (χ1n) is 16.6. The topological polar surface area (TPSA) is 164 Å². The second-order valence-corrected chi connectivity index (χ2v) is 14.6. The average Bonchev–Trinajstić information content (AvgIpc) is 3.38. The van der Waals surface area contributed by atoms with Crippen molar-refractivity contribution in [1.82, 2.24) is 15.0 Å². The molecule has 2 heterocycles. The van der Waals surface area contributed by atoms with E-state index in [0.717, 1.165) is 18.4 Å². The summed E-state index contributed by atoms with van der Waals surface area (Å²) >= 11 is 0. The van der Waals surface area contributed by atoms with Gasteiger partial charge < -0.3 is 34.2 Å². The molecule has 1 aliphatic heterocycles. The third-order valence-corrected chi connectivity index (χ3v) is 10.1. The van der Waals surface area contributed by atoms with Crippen molar-refractivity contribution in [3.05, 3.63) is 65.0 Å². The summed E-state index contributed by atoms with van der Waals surface area (Å²) in [5.41, 5.74) is 2.37. The van der Waals surface area contributed by atoms with Crippen LogP contribution in [0.2, 0.25) is 0 Å². The number of sulfonamides is 1. The third-order valence-electron chi connectivity index (χ3n) is 8.70. The Bertz CT molecular complexity index is 1670. The predicted octanol–water partition coefficient (Wildman–Crippen LogP) is 5.36. The molecule has 0 bridgehead atoms. The largest absolute Gasteiger partial charge is 0.490 e. The van der Waals surface area contributed by atoms with Crippen LogP contribution in [0.25, 0.3) is 0 Å². The molecule has 0 unspecified atom stereocenters. The van der Waals surface area contributed by atoms with E-state index in [1.54, 1.807) is 57.0 Å². The number of nitrogens with zero attached hydrogens (tertiary/aromatic N) is 3. The first-order valence-corrected chi connectivity index (χ1v) is 18.1. The number of anilines is 2. The van der Waals surface area contributed by atoms with E-state index in [9.17, 15) is 23.1 Å². The molecule has 0 aliphatic carbocycles. The number of fused-ring (bicyclic) bond motifs is 1. The molecule has 3 amide bonds. The molecule has 1 aromatic heterocycles. The number of carbonyl (C=O) groups is 2. The van der Waals surface area contributed by atoms with E-state index in [-0.39, 0.29) is 53.9 Å². The summed E-state index contributed by atoms with van der Waals surface area (Å²) < 4.78 is 46.8. The highest BCUT2D eigenvalue weighted by Gasteiger charge is 2.31. The number of aliphatic hydroxyl groups excluding tert-OH is 1. The summed E-state index contributed by atoms with van der Waals surface area (Å²) in [6, 6.07) is 10.2. The Balaban J connectivity index is 1.63. The van der Waals surface area contributed by atoms with Gasteiger partial charge in [0.05, 0.1) is 35.3 Å². The van der Waals surface area contributed by atoms with E-state index in [0.29, 0.717) is 35.9 Å². The van der Waals surface area contributed by atoms with E-state index < -0.39 is 28.1 Å². The predicted molar refractivity (Wildman–Crippen MR) is 186 cm³/mol. The molecule has 2 aromatic carbocycles. The van der Waals surface area contributed by atoms with Crippen molar-refractivity contribution in [2.75, 3.05) is 43.4 Å². The van der Waals surface area contributed by atoms with E-state index in [1.807, 2.05) is 20.8 Å². The fraction of sp³-hybridized carbons (Fsp3) is 0.514. The zero-order valence-electron chi connectivity index (χ0n) is 29.4. The van der Waals surface area contributed by atoms with Gasteiger partial charge in [0.25, 0.3) is 15.9 Å². The Morgan fingerprint density at radius 3 is 2.49 bits per heavy atom. The van der Waals surface area contributed by atoms with Gasteiger partial charge >= 0.3 is 6.03 Å². The molecule has 3 N–H and O–H groups in total. The number of urea groups is 1. The van der Waals surface area contributed by atoms with Crippen molar-refractivity contribution in [2.45, 2.75) is 84.0 Å². The fourth-order valence-electron chi connectivity index (χ4n) is 5.60. The number of hydrogen-bond acceptors (Lipinski definition) is 9. The molecule has 13 nitrogen and oxygen atoms in total. The Labute approximate surface area is 289 Å². The van der Waals surface area contributed by atoms with Gasteiger partial charge in [0.1, 0.15) is 17.1 Å². The normalized spacial score (nSPS) is 20.0. The second-order valence-electron chi connectivity index (χ2n) is 12.9. The van der Waals surface area contributed by atoms with Gasteiger partial charge in [-0.25, -0.2) is 13.2 Å². The number of nitrogens with one attached hydrogen (secondary N) is 2. The molecule has 4 rings (SSSR count). The van der Waals surface area contributed by atoms with Crippen molar-refractivity contribution < 1.29 is 37.1 Å². The van der Waals surface area contributed by atoms with Gasteiger partial charge in [-0.15, -0.1) is 0 Å². The number of benzene rings is 2. The molecule has 0 saturated heterocycles. The number of aryl methyl sites for hydroxylation is 3. The Morgan fingerprint density at radius 1 is 1.12 bits per heavy atom. The molecule has 49 heavy (non-hydrogen) atoms. The van der Waals surface area contributed by atoms with Gasteiger partial charge in [0.15, 0.2) is 5.76 Å². The molecule has 0 spiro atoms. The van der Waals surface area contributed by atoms with Crippen LogP contribution in [0.3, 0.4) is 0 Å². The Morgan fingerprint density at radius 2 is 1.84 bits per heavy atom. The highest BCUT2D eigenvalue weighted by molar-refractivity contribution is 7.92. The molecule has 4 atom stereocenters. The number of amides is 3. The number of likely N-dealkylation sites (N-methyl/N-ethyl adjacent to an activating group) is 1. The number of hydrogen-bond donors (Lipinski definition) is 3. The molecule has 0 saturated carbocycles. The van der Waals surface area contributed by atoms with Gasteiger partial charge in [-0.2, -0.15) is 0 Å². The summed E-state index contributed by atoms with van der Waals surface area (Å²) in [6.07, 6.45) is 1.55. The molecular formula is C35H49N5O8S. The van der Waals surface area contributed by atoms with Crippen molar-refractivity contribution in [3.8, 4) is 5.75 Å². The van der Waals surface area contributed by atoms with Crippen molar-refractivity contribution >= 4 is 33.3 Å². The standard InChI is InChI=1S/C35H49N5O8S/c1-22-11-14-29(15-12-22)49(44,45)38-28-13-16-31-30(18-28)34(42)40(24(3)21-41)19-23(2)32(46-17-9-8-10-25(4)47-31)20-39(7)35(43)36-33-26(5)37-48-27(33)6/h11-16,18,23-25,32,38,41H,8-10,17,19-21H2,1-7H3,(H,36,43)/t23-,24+,25+,32-/m1/s1. The van der Waals surface area contributed by atoms with Crippen LogP contribution in [0.5, 0.6) is 5.75 Å². The van der Waals surface area contributed by atoms with Crippen LogP contribution >= 0.6 is 0 Å². The lowest BCUT2D eigenvalue weighted by Crippen LogP contribution is -2.48. The average molecular weight is 700 g/mol. The maximum atomic E-state index is 14.4. The third kappa shape index (κ3) is 9.73. The van der Waals surface area contributed by atoms with Crippen LogP contribution in [-0.4, -0.2) is 92.0 Å². The van der Waals surface area contributed by atoms with Crippen LogP contribution in [0.1, 0.15) is 67.4 Å². The summed E-state index contributed by atoms with van der Waals surface area (Å²) in [4.78, 5) is 30.7. The quantitative estimate of drug-likeness (QED) is 0.281. The molecule has 1 aliphatic rings. The lowest BCUT2D eigenvalue weighted by molar-refractivity contribution is -0.0115. The number of rotatable bonds is 8. The molecule has 0 radical (unpaired) electrons. The maximum Gasteiger partial charge on any atom is 0.321 e. The summed E-state index contributed by atoms with van der Waals surface area (Å²) in [6.45, 7) is 11.5. The minimum Gasteiger partial charge on any atom is -0.490 e. The lowest BCUT2D eigenvalue weighted by Gasteiger charge is -2.35. The van der Waals surface area contributed by atoms with Gasteiger partial charge in [0, 0.05) is 38.3 Å². The summed E-state index contributed by atoms with van der Waals surface area (Å²) in [5.74, 6) is 0.104. The van der Waals surface area contributed by atoms with E-state index in [4.69, 9.17) is 14.0 Å². The highest BCUT2D eigenvalue weighted by Crippen LogP contribution is 2.30. The maximum absolute atomic E-state index is 14.4. The first-order chi connectivity index (χ1) is 23.2. The van der Waals surface area contributed by atoms with Crippen LogP contribution in [-0.2, 0) is 14.8 Å². The number of aromatic nitrogens is 1. The number of ether oxygens (including phenoxy) is 2. The molecule has 268 valence electrons. The molecule has 14 heteroatoms. The van der Waals surface area contributed by atoms with E-state index in [2.05, 4.69) is 15.2 Å². The van der Waals surface area contributed by atoms with Gasteiger partial charge in [-0.1, -0.05) is 29.8 Å². The van der Waals surface area contributed by atoms with E-state index in [1.165, 1.54) is 23.1 Å². The number of carbonyl (C=O) groups excluding carboxylic acids is 2. The second kappa shape index (κ2) is 16.5. The van der Waals surface area contributed by atoms with Crippen LogP contribution in [0.4, 0.5) is 16.2 Å². The van der Waals surface area contributed by atoms with Gasteiger partial charge in [-0.3, -0.25) is 9.52 Å². The monoisotopic (exact) mass is 699 g/mol. The SMILES string of the molecule is Cc1ccc(S(=O)(=O)Nc2ccc3c(c2)C(=O)N([C@@H](C)CO)C[C@@H](C)[C@@H](CN(C)C(=O)Nc2c(C)noc2C)OCCCC[C@H](C)O3)cc1. The van der Waals surface area contributed by atoms with Gasteiger partial charge in [0.2, 0.25) is 0 Å². The highest BCUT2D eigenvalue weighted by atomic mass is 32.2.